The zero-order valence-electron chi connectivity index (χ0n) is 6.74. The van der Waals surface area contributed by atoms with Gasteiger partial charge in [-0.05, 0) is 13.8 Å². The second-order valence-corrected chi connectivity index (χ2v) is 2.76. The van der Waals surface area contributed by atoms with E-state index in [-0.39, 0.29) is 0 Å². The number of aliphatic carboxylic acids is 2. The van der Waals surface area contributed by atoms with Gasteiger partial charge in [-0.25, -0.2) is 9.59 Å². The van der Waals surface area contributed by atoms with Gasteiger partial charge in [-0.3, -0.25) is 0 Å². The van der Waals surface area contributed by atoms with Crippen molar-refractivity contribution in [3.8, 4) is 0 Å². The minimum absolute atomic E-state index is 0.475. The first-order chi connectivity index (χ1) is 5.25. The molecule has 0 bridgehead atoms. The molecule has 0 heterocycles. The molecular weight excluding hydrogens is 164 g/mol. The van der Waals surface area contributed by atoms with Crippen molar-refractivity contribution in [1.82, 2.24) is 0 Å². The highest BCUT2D eigenvalue weighted by molar-refractivity contribution is 5.96. The molecule has 12 heavy (non-hydrogen) atoms. The summed E-state index contributed by atoms with van der Waals surface area (Å²) in [4.78, 5) is 20.5. The van der Waals surface area contributed by atoms with Crippen LogP contribution in [0.1, 0.15) is 13.8 Å². The monoisotopic (exact) mass is 174 g/mol. The van der Waals surface area contributed by atoms with Crippen molar-refractivity contribution < 1.29 is 24.9 Å². The van der Waals surface area contributed by atoms with Crippen LogP contribution < -0.4 is 0 Å². The molecule has 0 aromatic carbocycles. The van der Waals surface area contributed by atoms with Crippen LogP contribution in [0.25, 0.3) is 0 Å². The SMILES string of the molecule is CC(C)(O)/C(=C/C(=O)O)C(=O)O. The normalized spacial score (nSPS) is 12.8. The molecule has 0 spiro atoms. The van der Waals surface area contributed by atoms with Crippen molar-refractivity contribution in [2.24, 2.45) is 0 Å². The molecule has 0 aromatic heterocycles. The summed E-state index contributed by atoms with van der Waals surface area (Å²) >= 11 is 0. The summed E-state index contributed by atoms with van der Waals surface area (Å²) in [6.07, 6.45) is 0.475. The fraction of sp³-hybridized carbons (Fsp3) is 0.429. The molecule has 5 nitrogen and oxygen atoms in total. The van der Waals surface area contributed by atoms with Crippen LogP contribution in [-0.4, -0.2) is 32.9 Å². The highest BCUT2D eigenvalue weighted by Crippen LogP contribution is 2.14. The molecule has 5 heteroatoms. The standard InChI is InChI=1S/C7H10O5/c1-7(2,12)4(6(10)11)3-5(8)9/h3,12H,1-2H3,(H,8,9)(H,10,11)/b4-3+. The van der Waals surface area contributed by atoms with Crippen molar-refractivity contribution in [2.75, 3.05) is 0 Å². The summed E-state index contributed by atoms with van der Waals surface area (Å²) in [5, 5.41) is 25.9. The van der Waals surface area contributed by atoms with E-state index in [1.165, 1.54) is 13.8 Å². The van der Waals surface area contributed by atoms with Crippen LogP contribution in [0.2, 0.25) is 0 Å². The molecule has 0 saturated heterocycles. The summed E-state index contributed by atoms with van der Waals surface area (Å²) in [5.41, 5.74) is -2.19. The summed E-state index contributed by atoms with van der Waals surface area (Å²) < 4.78 is 0. The zero-order chi connectivity index (χ0) is 9.94. The Hall–Kier alpha value is -1.36. The molecule has 0 aromatic rings. The molecule has 0 saturated carbocycles. The molecule has 0 aliphatic rings. The van der Waals surface area contributed by atoms with E-state index in [4.69, 9.17) is 10.2 Å². The summed E-state index contributed by atoms with van der Waals surface area (Å²) in [6, 6.07) is 0. The number of carbonyl (C=O) groups is 2. The first-order valence-corrected chi connectivity index (χ1v) is 3.16. The lowest BCUT2D eigenvalue weighted by molar-refractivity contribution is -0.136. The lowest BCUT2D eigenvalue weighted by Gasteiger charge is -2.16. The Morgan fingerprint density at radius 3 is 1.75 bits per heavy atom. The molecule has 0 unspecified atom stereocenters. The highest BCUT2D eigenvalue weighted by Gasteiger charge is 2.26. The van der Waals surface area contributed by atoms with Crippen LogP contribution in [0, 0.1) is 0 Å². The molecule has 0 aliphatic heterocycles. The Balaban J connectivity index is 4.94. The van der Waals surface area contributed by atoms with Crippen molar-refractivity contribution >= 4 is 11.9 Å². The van der Waals surface area contributed by atoms with E-state index in [0.29, 0.717) is 6.08 Å². The zero-order valence-corrected chi connectivity index (χ0v) is 6.74. The van der Waals surface area contributed by atoms with Gasteiger partial charge in [-0.1, -0.05) is 0 Å². The first kappa shape index (κ1) is 10.6. The van der Waals surface area contributed by atoms with Gasteiger partial charge in [-0.15, -0.1) is 0 Å². The maximum atomic E-state index is 10.4. The second-order valence-electron chi connectivity index (χ2n) is 2.76. The topological polar surface area (TPSA) is 94.8 Å². The lowest BCUT2D eigenvalue weighted by Crippen LogP contribution is -2.28. The van der Waals surface area contributed by atoms with E-state index < -0.39 is 23.1 Å². The quantitative estimate of drug-likeness (QED) is 0.517. The van der Waals surface area contributed by atoms with E-state index in [9.17, 15) is 14.7 Å². The predicted octanol–water partition coefficient (Wildman–Crippen LogP) is -0.147. The van der Waals surface area contributed by atoms with Crippen molar-refractivity contribution in [3.63, 3.8) is 0 Å². The number of rotatable bonds is 3. The Morgan fingerprint density at radius 2 is 1.67 bits per heavy atom. The maximum Gasteiger partial charge on any atom is 0.334 e. The van der Waals surface area contributed by atoms with Gasteiger partial charge in [-0.2, -0.15) is 0 Å². The predicted molar refractivity (Wildman–Crippen MR) is 39.7 cm³/mol. The van der Waals surface area contributed by atoms with E-state index in [1.54, 1.807) is 0 Å². The van der Waals surface area contributed by atoms with Gasteiger partial charge >= 0.3 is 11.9 Å². The number of aliphatic hydroxyl groups is 1. The van der Waals surface area contributed by atoms with Crippen molar-refractivity contribution in [2.45, 2.75) is 19.4 Å². The van der Waals surface area contributed by atoms with Gasteiger partial charge < -0.3 is 15.3 Å². The van der Waals surface area contributed by atoms with Gasteiger partial charge in [0.05, 0.1) is 11.2 Å². The van der Waals surface area contributed by atoms with Gasteiger partial charge in [0.15, 0.2) is 0 Å². The maximum absolute atomic E-state index is 10.4. The van der Waals surface area contributed by atoms with Crippen LogP contribution in [0.5, 0.6) is 0 Å². The fourth-order valence-corrected chi connectivity index (χ4v) is 0.624. The Bertz CT molecular complexity index is 233. The van der Waals surface area contributed by atoms with Crippen LogP contribution in [0.4, 0.5) is 0 Å². The molecule has 0 fully saturated rings. The average Bonchev–Trinajstić information content (AvgIpc) is 1.79. The molecule has 0 radical (unpaired) electrons. The summed E-state index contributed by atoms with van der Waals surface area (Å²) in [7, 11) is 0. The lowest BCUT2D eigenvalue weighted by atomic mass is 9.98. The van der Waals surface area contributed by atoms with Crippen LogP contribution in [0.3, 0.4) is 0 Å². The third-order valence-electron chi connectivity index (χ3n) is 1.16. The minimum Gasteiger partial charge on any atom is -0.478 e. The largest absolute Gasteiger partial charge is 0.478 e. The third-order valence-corrected chi connectivity index (χ3v) is 1.16. The van der Waals surface area contributed by atoms with Crippen molar-refractivity contribution in [3.05, 3.63) is 11.6 Å². The molecule has 0 rings (SSSR count). The third kappa shape index (κ3) is 3.16. The van der Waals surface area contributed by atoms with E-state index >= 15 is 0 Å². The first-order valence-electron chi connectivity index (χ1n) is 3.16. The van der Waals surface area contributed by atoms with Crippen LogP contribution in [0.15, 0.2) is 11.6 Å². The molecule has 0 amide bonds. The van der Waals surface area contributed by atoms with Crippen LogP contribution in [-0.2, 0) is 9.59 Å². The Morgan fingerprint density at radius 1 is 1.25 bits per heavy atom. The van der Waals surface area contributed by atoms with Crippen LogP contribution >= 0.6 is 0 Å². The second kappa shape index (κ2) is 3.36. The van der Waals surface area contributed by atoms with Gasteiger partial charge in [0.2, 0.25) is 0 Å². The molecule has 0 atom stereocenters. The molecule has 68 valence electrons. The number of hydrogen-bond donors (Lipinski definition) is 3. The smallest absolute Gasteiger partial charge is 0.334 e. The molecule has 0 aliphatic carbocycles. The Labute approximate surface area is 68.9 Å². The number of carboxylic acid groups (broad SMARTS) is 2. The van der Waals surface area contributed by atoms with E-state index in [0.717, 1.165) is 0 Å². The van der Waals surface area contributed by atoms with Crippen molar-refractivity contribution in [1.29, 1.82) is 0 Å². The van der Waals surface area contributed by atoms with E-state index in [1.807, 2.05) is 0 Å². The van der Waals surface area contributed by atoms with Gasteiger partial charge in [0, 0.05) is 6.08 Å². The minimum atomic E-state index is -1.65. The van der Waals surface area contributed by atoms with E-state index in [2.05, 4.69) is 0 Å². The Kier molecular flexibility index (Phi) is 2.98. The summed E-state index contributed by atoms with van der Waals surface area (Å²) in [5.74, 6) is -2.83. The molecular formula is C7H10O5. The van der Waals surface area contributed by atoms with Gasteiger partial charge in [0.1, 0.15) is 0 Å². The number of carboxylic acids is 2. The van der Waals surface area contributed by atoms with Gasteiger partial charge in [0.25, 0.3) is 0 Å². The fourth-order valence-electron chi connectivity index (χ4n) is 0.624. The number of hydrogen-bond acceptors (Lipinski definition) is 3. The molecule has 3 N–H and O–H groups in total. The average molecular weight is 174 g/mol. The summed E-state index contributed by atoms with van der Waals surface area (Å²) in [6.45, 7) is 2.41. The highest BCUT2D eigenvalue weighted by atomic mass is 16.4.